The lowest BCUT2D eigenvalue weighted by molar-refractivity contribution is 0.0672. The molecule has 0 saturated carbocycles. The molecule has 7 heteroatoms. The van der Waals surface area contributed by atoms with E-state index < -0.39 is 9.84 Å². The van der Waals surface area contributed by atoms with Crippen molar-refractivity contribution in [2.24, 2.45) is 0 Å². The molecule has 144 valence electrons. The van der Waals surface area contributed by atoms with E-state index >= 15 is 0 Å². The first-order valence-corrected chi connectivity index (χ1v) is 11.0. The highest BCUT2D eigenvalue weighted by molar-refractivity contribution is 7.91. The van der Waals surface area contributed by atoms with Crippen molar-refractivity contribution < 1.29 is 13.2 Å². The molecule has 1 saturated heterocycles. The minimum absolute atomic E-state index is 0.00501. The number of amides is 1. The number of hydrogen-bond acceptors (Lipinski definition) is 4. The van der Waals surface area contributed by atoms with E-state index in [4.69, 9.17) is 0 Å². The Labute approximate surface area is 164 Å². The molecule has 0 N–H and O–H groups in total. The standard InChI is InChI=1S/C21H21N3O3S/c25-21(20-13-22-16-24(20)18-9-5-2-6-10-18)23(14-17-7-3-1-4-8-17)19-11-12-28(26,27)15-19/h1-10,13,16,19H,11-12,14-15H2/t19-/m0/s1. The highest BCUT2D eigenvalue weighted by atomic mass is 32.2. The third kappa shape index (κ3) is 3.84. The summed E-state index contributed by atoms with van der Waals surface area (Å²) in [5.41, 5.74) is 2.22. The fraction of sp³-hybridized carbons (Fsp3) is 0.238. The second-order valence-electron chi connectivity index (χ2n) is 6.96. The van der Waals surface area contributed by atoms with Gasteiger partial charge in [0.2, 0.25) is 0 Å². The van der Waals surface area contributed by atoms with E-state index in [2.05, 4.69) is 4.98 Å². The van der Waals surface area contributed by atoms with Crippen molar-refractivity contribution >= 4 is 15.7 Å². The summed E-state index contributed by atoms with van der Waals surface area (Å²) in [5, 5.41) is 0. The van der Waals surface area contributed by atoms with Gasteiger partial charge in [0.1, 0.15) is 5.69 Å². The summed E-state index contributed by atoms with van der Waals surface area (Å²) >= 11 is 0. The maximum Gasteiger partial charge on any atom is 0.273 e. The van der Waals surface area contributed by atoms with Gasteiger partial charge in [-0.15, -0.1) is 0 Å². The Balaban J connectivity index is 1.69. The van der Waals surface area contributed by atoms with Crippen LogP contribution in [-0.4, -0.2) is 46.3 Å². The molecule has 2 heterocycles. The highest BCUT2D eigenvalue weighted by Gasteiger charge is 2.36. The van der Waals surface area contributed by atoms with Gasteiger partial charge in [-0.2, -0.15) is 0 Å². The Kier molecular flexibility index (Phi) is 5.00. The molecule has 6 nitrogen and oxygen atoms in total. The van der Waals surface area contributed by atoms with E-state index in [0.717, 1.165) is 11.3 Å². The molecule has 1 aliphatic rings. The molecule has 1 aromatic heterocycles. The van der Waals surface area contributed by atoms with E-state index in [1.165, 1.54) is 6.20 Å². The zero-order valence-corrected chi connectivity index (χ0v) is 16.1. The number of carbonyl (C=O) groups is 1. The Hall–Kier alpha value is -2.93. The normalized spacial score (nSPS) is 18.1. The number of carbonyl (C=O) groups excluding carboxylic acids is 1. The number of nitrogens with zero attached hydrogens (tertiary/aromatic N) is 3. The first kappa shape index (κ1) is 18.4. The van der Waals surface area contributed by atoms with Gasteiger partial charge in [-0.25, -0.2) is 13.4 Å². The van der Waals surface area contributed by atoms with Crippen molar-refractivity contribution in [3.63, 3.8) is 0 Å². The molecule has 0 radical (unpaired) electrons. The van der Waals surface area contributed by atoms with Gasteiger partial charge in [0.25, 0.3) is 5.91 Å². The third-order valence-corrected chi connectivity index (χ3v) is 6.75. The Bertz CT molecular complexity index is 1060. The van der Waals surface area contributed by atoms with Crippen LogP contribution in [0.25, 0.3) is 5.69 Å². The fourth-order valence-electron chi connectivity index (χ4n) is 3.56. The summed E-state index contributed by atoms with van der Waals surface area (Å²) in [4.78, 5) is 19.3. The van der Waals surface area contributed by atoms with E-state index in [0.29, 0.717) is 18.7 Å². The van der Waals surface area contributed by atoms with Gasteiger partial charge < -0.3 is 4.90 Å². The average molecular weight is 395 g/mol. The molecular weight excluding hydrogens is 374 g/mol. The van der Waals surface area contributed by atoms with Crippen molar-refractivity contribution in [1.29, 1.82) is 0 Å². The molecular formula is C21H21N3O3S. The van der Waals surface area contributed by atoms with Crippen LogP contribution in [0.15, 0.2) is 73.2 Å². The van der Waals surface area contributed by atoms with Gasteiger partial charge in [-0.1, -0.05) is 48.5 Å². The van der Waals surface area contributed by atoms with Crippen LogP contribution in [0.2, 0.25) is 0 Å². The summed E-state index contributed by atoms with van der Waals surface area (Å²) in [7, 11) is -3.11. The van der Waals surface area contributed by atoms with E-state index in [1.807, 2.05) is 60.7 Å². The van der Waals surface area contributed by atoms with Crippen molar-refractivity contribution in [3.05, 3.63) is 84.4 Å². The Morgan fingerprint density at radius 2 is 1.75 bits per heavy atom. The van der Waals surface area contributed by atoms with Gasteiger partial charge in [-0.3, -0.25) is 9.36 Å². The third-order valence-electron chi connectivity index (χ3n) is 5.00. The number of hydrogen-bond donors (Lipinski definition) is 0. The SMILES string of the molecule is O=C(c1cncn1-c1ccccc1)N(Cc1ccccc1)[C@H]1CCS(=O)(=O)C1. The van der Waals surface area contributed by atoms with Crippen LogP contribution in [-0.2, 0) is 16.4 Å². The highest BCUT2D eigenvalue weighted by Crippen LogP contribution is 2.23. The van der Waals surface area contributed by atoms with Crippen LogP contribution >= 0.6 is 0 Å². The molecule has 3 aromatic rings. The largest absolute Gasteiger partial charge is 0.329 e. The summed E-state index contributed by atoms with van der Waals surface area (Å²) in [6, 6.07) is 18.8. The summed E-state index contributed by atoms with van der Waals surface area (Å²) in [6.07, 6.45) is 3.60. The first-order chi connectivity index (χ1) is 13.5. The molecule has 0 unspecified atom stereocenters. The molecule has 0 aliphatic carbocycles. The lowest BCUT2D eigenvalue weighted by atomic mass is 10.1. The molecule has 1 atom stereocenters. The molecule has 28 heavy (non-hydrogen) atoms. The first-order valence-electron chi connectivity index (χ1n) is 9.16. The average Bonchev–Trinajstić information content (AvgIpc) is 3.33. The van der Waals surface area contributed by atoms with E-state index in [9.17, 15) is 13.2 Å². The minimum atomic E-state index is -3.11. The summed E-state index contributed by atoms with van der Waals surface area (Å²) in [5.74, 6) is -0.0912. The number of imidazole rings is 1. The lowest BCUT2D eigenvalue weighted by Crippen LogP contribution is -2.41. The van der Waals surface area contributed by atoms with Crippen molar-refractivity contribution in [1.82, 2.24) is 14.5 Å². The molecule has 1 amide bonds. The van der Waals surface area contributed by atoms with Crippen LogP contribution < -0.4 is 0 Å². The van der Waals surface area contributed by atoms with E-state index in [-0.39, 0.29) is 23.5 Å². The number of aromatic nitrogens is 2. The smallest absolute Gasteiger partial charge is 0.273 e. The molecule has 0 spiro atoms. The lowest BCUT2D eigenvalue weighted by Gasteiger charge is -2.28. The maximum atomic E-state index is 13.5. The Morgan fingerprint density at radius 1 is 1.07 bits per heavy atom. The van der Waals surface area contributed by atoms with Crippen LogP contribution in [0.5, 0.6) is 0 Å². The number of sulfone groups is 1. The quantitative estimate of drug-likeness (QED) is 0.666. The summed E-state index contributed by atoms with van der Waals surface area (Å²) < 4.78 is 25.8. The number of rotatable bonds is 5. The number of benzene rings is 2. The maximum absolute atomic E-state index is 13.5. The van der Waals surface area contributed by atoms with E-state index in [1.54, 1.807) is 15.8 Å². The van der Waals surface area contributed by atoms with Gasteiger partial charge in [-0.05, 0) is 24.1 Å². The monoisotopic (exact) mass is 395 g/mol. The zero-order chi connectivity index (χ0) is 19.6. The fourth-order valence-corrected chi connectivity index (χ4v) is 5.29. The summed E-state index contributed by atoms with van der Waals surface area (Å²) in [6.45, 7) is 0.361. The van der Waals surface area contributed by atoms with Crippen molar-refractivity contribution in [2.45, 2.75) is 19.0 Å². The predicted molar refractivity (Wildman–Crippen MR) is 107 cm³/mol. The zero-order valence-electron chi connectivity index (χ0n) is 15.3. The molecule has 2 aromatic carbocycles. The van der Waals surface area contributed by atoms with Crippen molar-refractivity contribution in [3.8, 4) is 5.69 Å². The molecule has 1 fully saturated rings. The number of para-hydroxylation sites is 1. The molecule has 0 bridgehead atoms. The van der Waals surface area contributed by atoms with Gasteiger partial charge >= 0.3 is 0 Å². The van der Waals surface area contributed by atoms with Crippen LogP contribution in [0.3, 0.4) is 0 Å². The molecule has 1 aliphatic heterocycles. The van der Waals surface area contributed by atoms with Crippen LogP contribution in [0.1, 0.15) is 22.5 Å². The minimum Gasteiger partial charge on any atom is -0.329 e. The second kappa shape index (κ2) is 7.59. The van der Waals surface area contributed by atoms with Gasteiger partial charge in [0.15, 0.2) is 9.84 Å². The topological polar surface area (TPSA) is 72.3 Å². The van der Waals surface area contributed by atoms with Crippen molar-refractivity contribution in [2.75, 3.05) is 11.5 Å². The second-order valence-corrected chi connectivity index (χ2v) is 9.19. The molecule has 4 rings (SSSR count). The Morgan fingerprint density at radius 3 is 2.39 bits per heavy atom. The van der Waals surface area contributed by atoms with Gasteiger partial charge in [0, 0.05) is 18.3 Å². The van der Waals surface area contributed by atoms with Crippen LogP contribution in [0.4, 0.5) is 0 Å². The predicted octanol–water partition coefficient (Wildman–Crippen LogP) is 2.70. The van der Waals surface area contributed by atoms with Gasteiger partial charge in [0.05, 0.1) is 24.0 Å². The van der Waals surface area contributed by atoms with Crippen LogP contribution in [0, 0.1) is 0 Å².